The second-order valence-electron chi connectivity index (χ2n) is 9.16. The molecule has 2 heterocycles. The van der Waals surface area contributed by atoms with Crippen LogP contribution in [-0.4, -0.2) is 38.1 Å². The van der Waals surface area contributed by atoms with E-state index in [1.54, 1.807) is 13.0 Å². The van der Waals surface area contributed by atoms with Crippen molar-refractivity contribution in [1.82, 2.24) is 4.57 Å². The number of rotatable bonds is 8. The summed E-state index contributed by atoms with van der Waals surface area (Å²) in [5, 5.41) is 11.3. The zero-order valence-electron chi connectivity index (χ0n) is 22.9. The zero-order chi connectivity index (χ0) is 30.9. The molecule has 3 aromatic carbocycles. The highest BCUT2D eigenvalue weighted by atomic mass is 32.2. The number of fused-ring (bicyclic) bond motifs is 1. The number of carbonyl (C=O) groups is 1. The van der Waals surface area contributed by atoms with E-state index in [-0.39, 0.29) is 17.1 Å². The fourth-order valence-electron chi connectivity index (χ4n) is 4.62. The summed E-state index contributed by atoms with van der Waals surface area (Å²) in [6, 6.07) is 17.4. The number of nitro benzene ring substituents is 1. The third-order valence-electron chi connectivity index (χ3n) is 6.56. The van der Waals surface area contributed by atoms with Crippen molar-refractivity contribution in [1.29, 1.82) is 0 Å². The number of esters is 1. The Morgan fingerprint density at radius 2 is 1.74 bits per heavy atom. The molecule has 5 rings (SSSR count). The number of thiazole rings is 1. The standard InChI is InChI=1S/C29H23N3O9S2/c1-17-25(28(34)40-3)26(19-9-5-4-6-10-19)31-27(33)23(42-29(31)30-17)16-18-13-14-21(22(15-18)39-2)41-43(37,38)24-12-8-7-11-20(24)32(35)36/h4-16,26H,1-3H3. The Morgan fingerprint density at radius 3 is 2.42 bits per heavy atom. The van der Waals surface area contributed by atoms with E-state index in [0.717, 1.165) is 23.5 Å². The monoisotopic (exact) mass is 621 g/mol. The molecule has 1 unspecified atom stereocenters. The lowest BCUT2D eigenvalue weighted by molar-refractivity contribution is -0.387. The molecule has 1 atom stereocenters. The molecule has 220 valence electrons. The Balaban J connectivity index is 1.57. The van der Waals surface area contributed by atoms with Crippen LogP contribution in [-0.2, 0) is 19.6 Å². The van der Waals surface area contributed by atoms with Gasteiger partial charge in [-0.1, -0.05) is 59.9 Å². The second kappa shape index (κ2) is 11.7. The van der Waals surface area contributed by atoms with Gasteiger partial charge in [-0.15, -0.1) is 0 Å². The molecule has 12 nitrogen and oxygen atoms in total. The molecule has 0 N–H and O–H groups in total. The molecule has 0 fully saturated rings. The third kappa shape index (κ3) is 5.57. The van der Waals surface area contributed by atoms with Crippen LogP contribution in [0.2, 0.25) is 0 Å². The van der Waals surface area contributed by atoms with E-state index >= 15 is 0 Å². The van der Waals surface area contributed by atoms with Crippen molar-refractivity contribution in [3.05, 3.63) is 125 Å². The maximum atomic E-state index is 13.7. The SMILES string of the molecule is COC(=O)C1=C(C)N=c2sc(=Cc3ccc(OS(=O)(=O)c4ccccc4[N+](=O)[O-])c(OC)c3)c(=O)n2C1c1ccccc1. The topological polar surface area (TPSA) is 156 Å². The maximum Gasteiger partial charge on any atom is 0.346 e. The largest absolute Gasteiger partial charge is 0.493 e. The van der Waals surface area contributed by atoms with Gasteiger partial charge >= 0.3 is 16.1 Å². The number of nitro groups is 1. The van der Waals surface area contributed by atoms with E-state index in [1.165, 1.54) is 49.1 Å². The number of methoxy groups -OCH3 is 2. The molecular weight excluding hydrogens is 598 g/mol. The molecular formula is C29H23N3O9S2. The summed E-state index contributed by atoms with van der Waals surface area (Å²) in [5.74, 6) is -0.795. The smallest absolute Gasteiger partial charge is 0.346 e. The van der Waals surface area contributed by atoms with Crippen LogP contribution < -0.4 is 23.8 Å². The van der Waals surface area contributed by atoms with Gasteiger partial charge in [-0.2, -0.15) is 8.42 Å². The summed E-state index contributed by atoms with van der Waals surface area (Å²) in [5.41, 5.74) is 0.815. The van der Waals surface area contributed by atoms with Crippen LogP contribution in [0.25, 0.3) is 6.08 Å². The summed E-state index contributed by atoms with van der Waals surface area (Å²) in [7, 11) is -2.03. The van der Waals surface area contributed by atoms with E-state index in [4.69, 9.17) is 13.7 Å². The minimum atomic E-state index is -4.59. The average molecular weight is 622 g/mol. The Bertz CT molecular complexity index is 2080. The Morgan fingerprint density at radius 1 is 1.05 bits per heavy atom. The molecule has 1 aromatic heterocycles. The molecule has 43 heavy (non-hydrogen) atoms. The van der Waals surface area contributed by atoms with Gasteiger partial charge < -0.3 is 13.7 Å². The summed E-state index contributed by atoms with van der Waals surface area (Å²) in [6.07, 6.45) is 1.58. The molecule has 4 aromatic rings. The summed E-state index contributed by atoms with van der Waals surface area (Å²) in [4.78, 5) is 41.3. The van der Waals surface area contributed by atoms with Crippen molar-refractivity contribution >= 4 is 39.2 Å². The van der Waals surface area contributed by atoms with Gasteiger partial charge in [0, 0.05) is 6.07 Å². The van der Waals surface area contributed by atoms with Crippen LogP contribution in [0.4, 0.5) is 5.69 Å². The first-order chi connectivity index (χ1) is 20.6. The Hall–Kier alpha value is -5.08. The molecule has 0 saturated carbocycles. The lowest BCUT2D eigenvalue weighted by Gasteiger charge is -2.24. The van der Waals surface area contributed by atoms with Gasteiger partial charge in [-0.05, 0) is 42.3 Å². The Labute approximate surface area is 248 Å². The normalized spacial score (nSPS) is 15.0. The van der Waals surface area contributed by atoms with Crippen LogP contribution in [0, 0.1) is 10.1 Å². The van der Waals surface area contributed by atoms with Crippen LogP contribution in [0.15, 0.2) is 98.7 Å². The highest BCUT2D eigenvalue weighted by molar-refractivity contribution is 7.87. The Kier molecular flexibility index (Phi) is 7.98. The number of nitrogens with zero attached hydrogens (tertiary/aromatic N) is 3. The molecule has 1 aliphatic heterocycles. The fourth-order valence-corrected chi connectivity index (χ4v) is 6.77. The number of allylic oxidation sites excluding steroid dienone is 1. The number of ether oxygens (including phenoxy) is 2. The molecule has 0 spiro atoms. The zero-order valence-corrected chi connectivity index (χ0v) is 24.5. The van der Waals surface area contributed by atoms with Crippen LogP contribution in [0.5, 0.6) is 11.5 Å². The fraction of sp³-hybridized carbons (Fsp3) is 0.138. The molecule has 1 aliphatic rings. The third-order valence-corrected chi connectivity index (χ3v) is 8.82. The minimum absolute atomic E-state index is 0.00895. The van der Waals surface area contributed by atoms with Crippen LogP contribution in [0.3, 0.4) is 0 Å². The van der Waals surface area contributed by atoms with E-state index in [9.17, 15) is 28.1 Å². The van der Waals surface area contributed by atoms with Crippen molar-refractivity contribution in [2.24, 2.45) is 4.99 Å². The minimum Gasteiger partial charge on any atom is -0.493 e. The van der Waals surface area contributed by atoms with Crippen molar-refractivity contribution < 1.29 is 31.8 Å². The first kappa shape index (κ1) is 29.4. The number of hydrogen-bond donors (Lipinski definition) is 0. The number of para-hydroxylation sites is 1. The maximum absolute atomic E-state index is 13.7. The molecule has 0 amide bonds. The number of carbonyl (C=O) groups excluding carboxylic acids is 1. The van der Waals surface area contributed by atoms with Crippen molar-refractivity contribution in [2.45, 2.75) is 17.9 Å². The van der Waals surface area contributed by atoms with Gasteiger partial charge in [0.05, 0.1) is 41.0 Å². The van der Waals surface area contributed by atoms with E-state index in [2.05, 4.69) is 4.99 Å². The highest BCUT2D eigenvalue weighted by Gasteiger charge is 2.33. The first-order valence-electron chi connectivity index (χ1n) is 12.6. The van der Waals surface area contributed by atoms with Gasteiger partial charge in [0.1, 0.15) is 0 Å². The average Bonchev–Trinajstić information content (AvgIpc) is 3.30. The van der Waals surface area contributed by atoms with Crippen molar-refractivity contribution in [2.75, 3.05) is 14.2 Å². The van der Waals surface area contributed by atoms with Gasteiger partial charge in [0.25, 0.3) is 11.2 Å². The van der Waals surface area contributed by atoms with E-state index < -0.39 is 43.2 Å². The van der Waals surface area contributed by atoms with E-state index in [0.29, 0.717) is 26.2 Å². The van der Waals surface area contributed by atoms with Crippen molar-refractivity contribution in [3.63, 3.8) is 0 Å². The predicted molar refractivity (Wildman–Crippen MR) is 156 cm³/mol. The lowest BCUT2D eigenvalue weighted by Crippen LogP contribution is -2.39. The lowest BCUT2D eigenvalue weighted by atomic mass is 9.96. The van der Waals surface area contributed by atoms with Crippen molar-refractivity contribution in [3.8, 4) is 11.5 Å². The number of aromatic nitrogens is 1. The van der Waals surface area contributed by atoms with Gasteiger partial charge in [0.15, 0.2) is 21.2 Å². The summed E-state index contributed by atoms with van der Waals surface area (Å²) in [6.45, 7) is 1.68. The second-order valence-corrected chi connectivity index (χ2v) is 11.7. The number of hydrogen-bond acceptors (Lipinski definition) is 11. The molecule has 0 radical (unpaired) electrons. The van der Waals surface area contributed by atoms with Gasteiger partial charge in [0.2, 0.25) is 0 Å². The quantitative estimate of drug-likeness (QED) is 0.125. The predicted octanol–water partition coefficient (Wildman–Crippen LogP) is 3.09. The van der Waals surface area contributed by atoms with Gasteiger partial charge in [-0.25, -0.2) is 9.79 Å². The number of benzene rings is 3. The molecule has 14 heteroatoms. The van der Waals surface area contributed by atoms with Crippen LogP contribution >= 0.6 is 11.3 Å². The first-order valence-corrected chi connectivity index (χ1v) is 14.8. The summed E-state index contributed by atoms with van der Waals surface area (Å²) < 4.78 is 43.1. The highest BCUT2D eigenvalue weighted by Crippen LogP contribution is 2.33. The molecule has 0 bridgehead atoms. The molecule has 0 aliphatic carbocycles. The summed E-state index contributed by atoms with van der Waals surface area (Å²) >= 11 is 1.12. The molecule has 0 saturated heterocycles. The van der Waals surface area contributed by atoms with E-state index in [1.807, 2.05) is 30.3 Å². The van der Waals surface area contributed by atoms with Gasteiger partial charge in [-0.3, -0.25) is 19.5 Å². The van der Waals surface area contributed by atoms with Crippen LogP contribution in [0.1, 0.15) is 24.1 Å².